The second-order valence-electron chi connectivity index (χ2n) is 5.97. The molecular formula is C18H17N3O5S. The topological polar surface area (TPSA) is 106 Å². The molecule has 2 aromatic rings. The van der Waals surface area contributed by atoms with Gasteiger partial charge in [0.05, 0.1) is 17.8 Å². The van der Waals surface area contributed by atoms with Gasteiger partial charge >= 0.3 is 5.97 Å². The largest absolute Gasteiger partial charge is 0.456 e. The summed E-state index contributed by atoms with van der Waals surface area (Å²) in [7, 11) is 0. The molecule has 1 aliphatic rings. The van der Waals surface area contributed by atoms with E-state index in [1.807, 2.05) is 0 Å². The number of aromatic nitrogens is 1. The molecule has 3 amide bonds. The van der Waals surface area contributed by atoms with Crippen LogP contribution in [0.1, 0.15) is 41.4 Å². The summed E-state index contributed by atoms with van der Waals surface area (Å²) in [4.78, 5) is 51.8. The standard InChI is InChI=1S/C18H17N3O5S/c1-11(22)19-18-20-14(10-27-18)9-26-17(25)13-4-2-12(3-5-13)8-21-15(23)6-7-16(21)24/h2-5,10H,6-9H2,1H3,(H,19,20,22). The fourth-order valence-electron chi connectivity index (χ4n) is 2.53. The van der Waals surface area contributed by atoms with Crippen LogP contribution in [0.4, 0.5) is 5.13 Å². The molecule has 0 saturated carbocycles. The predicted molar refractivity (Wildman–Crippen MR) is 96.8 cm³/mol. The van der Waals surface area contributed by atoms with E-state index in [0.29, 0.717) is 16.4 Å². The molecule has 140 valence electrons. The molecule has 0 aliphatic carbocycles. The third-order valence-corrected chi connectivity index (χ3v) is 4.68. The molecule has 1 fully saturated rings. The zero-order valence-corrected chi connectivity index (χ0v) is 15.4. The maximum absolute atomic E-state index is 12.1. The van der Waals surface area contributed by atoms with Crippen LogP contribution in [-0.4, -0.2) is 33.6 Å². The summed E-state index contributed by atoms with van der Waals surface area (Å²) in [5.41, 5.74) is 1.66. The van der Waals surface area contributed by atoms with Gasteiger partial charge in [-0.25, -0.2) is 9.78 Å². The third kappa shape index (κ3) is 4.76. The van der Waals surface area contributed by atoms with Crippen LogP contribution in [-0.2, 0) is 32.3 Å². The number of imide groups is 1. The van der Waals surface area contributed by atoms with Crippen molar-refractivity contribution in [3.8, 4) is 0 Å². The van der Waals surface area contributed by atoms with Gasteiger partial charge in [-0.2, -0.15) is 0 Å². The zero-order chi connectivity index (χ0) is 19.4. The number of anilines is 1. The fourth-order valence-corrected chi connectivity index (χ4v) is 3.27. The SMILES string of the molecule is CC(=O)Nc1nc(COC(=O)c2ccc(CN3C(=O)CCC3=O)cc2)cs1. The molecule has 3 rings (SSSR count). The van der Waals surface area contributed by atoms with Crippen LogP contribution in [0.15, 0.2) is 29.6 Å². The van der Waals surface area contributed by atoms with Gasteiger partial charge in [0.15, 0.2) is 5.13 Å². The highest BCUT2D eigenvalue weighted by molar-refractivity contribution is 7.13. The van der Waals surface area contributed by atoms with Gasteiger partial charge in [0, 0.05) is 25.1 Å². The van der Waals surface area contributed by atoms with Crippen LogP contribution >= 0.6 is 11.3 Å². The Hall–Kier alpha value is -3.07. The minimum absolute atomic E-state index is 0.00650. The number of carbonyl (C=O) groups excluding carboxylic acids is 4. The fraction of sp³-hybridized carbons (Fsp3) is 0.278. The van der Waals surface area contributed by atoms with Crippen molar-refractivity contribution in [1.29, 1.82) is 0 Å². The number of rotatable bonds is 6. The molecule has 1 aromatic heterocycles. The molecule has 1 N–H and O–H groups in total. The normalized spacial score (nSPS) is 13.7. The van der Waals surface area contributed by atoms with Crippen LogP contribution < -0.4 is 5.32 Å². The maximum Gasteiger partial charge on any atom is 0.338 e. The summed E-state index contributed by atoms with van der Waals surface area (Å²) in [6, 6.07) is 6.55. The Morgan fingerprint density at radius 3 is 2.48 bits per heavy atom. The van der Waals surface area contributed by atoms with Crippen molar-refractivity contribution < 1.29 is 23.9 Å². The first-order valence-corrected chi connectivity index (χ1v) is 9.11. The number of amides is 3. The highest BCUT2D eigenvalue weighted by atomic mass is 32.1. The molecule has 1 aromatic carbocycles. The first-order valence-electron chi connectivity index (χ1n) is 8.23. The lowest BCUT2D eigenvalue weighted by molar-refractivity contribution is -0.139. The summed E-state index contributed by atoms with van der Waals surface area (Å²) in [5, 5.41) is 4.71. The van der Waals surface area contributed by atoms with E-state index in [2.05, 4.69) is 10.3 Å². The van der Waals surface area contributed by atoms with Gasteiger partial charge in [0.25, 0.3) is 0 Å². The van der Waals surface area contributed by atoms with Crippen LogP contribution in [0.5, 0.6) is 0 Å². The Morgan fingerprint density at radius 1 is 1.19 bits per heavy atom. The number of thiazole rings is 1. The van der Waals surface area contributed by atoms with Crippen LogP contribution in [0, 0.1) is 0 Å². The number of hydrogen-bond donors (Lipinski definition) is 1. The van der Waals surface area contributed by atoms with Crippen LogP contribution in [0.25, 0.3) is 0 Å². The number of nitrogens with zero attached hydrogens (tertiary/aromatic N) is 2. The van der Waals surface area contributed by atoms with Gasteiger partial charge in [-0.05, 0) is 17.7 Å². The van der Waals surface area contributed by atoms with E-state index >= 15 is 0 Å². The predicted octanol–water partition coefficient (Wildman–Crippen LogP) is 2.11. The van der Waals surface area contributed by atoms with Crippen molar-refractivity contribution in [3.63, 3.8) is 0 Å². The number of hydrogen-bond acceptors (Lipinski definition) is 7. The van der Waals surface area contributed by atoms with Gasteiger partial charge in [-0.15, -0.1) is 11.3 Å². The average molecular weight is 387 g/mol. The third-order valence-electron chi connectivity index (χ3n) is 3.87. The van der Waals surface area contributed by atoms with E-state index in [4.69, 9.17) is 4.74 Å². The number of esters is 1. The van der Waals surface area contributed by atoms with Gasteiger partial charge in [-0.1, -0.05) is 12.1 Å². The van der Waals surface area contributed by atoms with Crippen molar-refractivity contribution in [1.82, 2.24) is 9.88 Å². The van der Waals surface area contributed by atoms with Crippen LogP contribution in [0.3, 0.4) is 0 Å². The van der Waals surface area contributed by atoms with Crippen molar-refractivity contribution in [2.45, 2.75) is 32.9 Å². The zero-order valence-electron chi connectivity index (χ0n) is 14.6. The van der Waals surface area contributed by atoms with Crippen molar-refractivity contribution in [2.24, 2.45) is 0 Å². The Bertz CT molecular complexity index is 875. The summed E-state index contributed by atoms with van der Waals surface area (Å²) in [6.45, 7) is 1.59. The molecule has 0 atom stereocenters. The van der Waals surface area contributed by atoms with Crippen molar-refractivity contribution in [3.05, 3.63) is 46.5 Å². The number of ether oxygens (including phenoxy) is 1. The molecule has 27 heavy (non-hydrogen) atoms. The molecule has 1 saturated heterocycles. The van der Waals surface area contributed by atoms with Gasteiger partial charge in [0.2, 0.25) is 17.7 Å². The first-order chi connectivity index (χ1) is 12.9. The van der Waals surface area contributed by atoms with E-state index in [9.17, 15) is 19.2 Å². The second-order valence-corrected chi connectivity index (χ2v) is 6.83. The monoisotopic (exact) mass is 387 g/mol. The summed E-state index contributed by atoms with van der Waals surface area (Å²) < 4.78 is 5.21. The molecular weight excluding hydrogens is 370 g/mol. The Labute approximate surface area is 159 Å². The molecule has 1 aliphatic heterocycles. The summed E-state index contributed by atoms with van der Waals surface area (Å²) in [6.07, 6.45) is 0.507. The average Bonchev–Trinajstić information content (AvgIpc) is 3.21. The molecule has 9 heteroatoms. The van der Waals surface area contributed by atoms with E-state index in [-0.39, 0.29) is 43.7 Å². The van der Waals surface area contributed by atoms with Gasteiger partial charge in [0.1, 0.15) is 6.61 Å². The quantitative estimate of drug-likeness (QED) is 0.601. The first kappa shape index (κ1) is 18.7. The minimum Gasteiger partial charge on any atom is -0.456 e. The lowest BCUT2D eigenvalue weighted by atomic mass is 10.1. The minimum atomic E-state index is -0.510. The molecule has 0 spiro atoms. The van der Waals surface area contributed by atoms with E-state index in [1.165, 1.54) is 23.2 Å². The Balaban J connectivity index is 1.54. The van der Waals surface area contributed by atoms with Crippen molar-refractivity contribution >= 4 is 40.2 Å². The van der Waals surface area contributed by atoms with Gasteiger partial charge in [-0.3, -0.25) is 19.3 Å². The van der Waals surface area contributed by atoms with Crippen LogP contribution in [0.2, 0.25) is 0 Å². The molecule has 0 unspecified atom stereocenters. The lowest BCUT2D eigenvalue weighted by Gasteiger charge is -2.13. The van der Waals surface area contributed by atoms with E-state index in [0.717, 1.165) is 5.56 Å². The summed E-state index contributed by atoms with van der Waals surface area (Å²) in [5.74, 6) is -1.08. The number of likely N-dealkylation sites (tertiary alicyclic amines) is 1. The van der Waals surface area contributed by atoms with E-state index in [1.54, 1.807) is 29.6 Å². The van der Waals surface area contributed by atoms with Gasteiger partial charge < -0.3 is 10.1 Å². The number of benzene rings is 1. The molecule has 8 nitrogen and oxygen atoms in total. The Morgan fingerprint density at radius 2 is 1.85 bits per heavy atom. The molecule has 2 heterocycles. The smallest absolute Gasteiger partial charge is 0.338 e. The number of nitrogens with one attached hydrogen (secondary N) is 1. The maximum atomic E-state index is 12.1. The highest BCUT2D eigenvalue weighted by Crippen LogP contribution is 2.18. The van der Waals surface area contributed by atoms with Crippen molar-refractivity contribution in [2.75, 3.05) is 5.32 Å². The summed E-state index contributed by atoms with van der Waals surface area (Å²) >= 11 is 1.25. The number of carbonyl (C=O) groups is 4. The Kier molecular flexibility index (Phi) is 5.60. The highest BCUT2D eigenvalue weighted by Gasteiger charge is 2.28. The lowest BCUT2D eigenvalue weighted by Crippen LogP contribution is -2.28. The van der Waals surface area contributed by atoms with E-state index < -0.39 is 5.97 Å². The molecule has 0 bridgehead atoms. The molecule has 0 radical (unpaired) electrons. The second kappa shape index (κ2) is 8.09.